The monoisotopic (exact) mass is 375 g/mol. The van der Waals surface area contributed by atoms with Crippen molar-refractivity contribution in [2.45, 2.75) is 63.7 Å². The number of nitrogens with one attached hydrogen (secondary N) is 1. The molecule has 1 saturated carbocycles. The average molecular weight is 376 g/mol. The van der Waals surface area contributed by atoms with Crippen molar-refractivity contribution in [3.8, 4) is 0 Å². The second-order valence-corrected chi connectivity index (χ2v) is 9.54. The van der Waals surface area contributed by atoms with E-state index in [0.717, 1.165) is 39.1 Å². The molecule has 1 aliphatic carbocycles. The maximum Gasteiger partial charge on any atom is 0.279 e. The van der Waals surface area contributed by atoms with Gasteiger partial charge < -0.3 is 9.47 Å². The third-order valence-corrected chi connectivity index (χ3v) is 7.26. The van der Waals surface area contributed by atoms with Gasteiger partial charge in [0.05, 0.1) is 25.4 Å². The summed E-state index contributed by atoms with van der Waals surface area (Å²) in [5.41, 5.74) is -0.0569. The fourth-order valence-corrected chi connectivity index (χ4v) is 5.94. The van der Waals surface area contributed by atoms with Crippen molar-refractivity contribution in [1.29, 1.82) is 0 Å². The third-order valence-electron chi connectivity index (χ3n) is 5.78. The van der Waals surface area contributed by atoms with Gasteiger partial charge in [-0.2, -0.15) is 12.7 Å². The van der Waals surface area contributed by atoms with Crippen molar-refractivity contribution >= 4 is 10.2 Å². The second-order valence-electron chi connectivity index (χ2n) is 7.78. The minimum absolute atomic E-state index is 0.0569. The fraction of sp³-hybridized carbons (Fsp3) is 1.00. The van der Waals surface area contributed by atoms with Gasteiger partial charge in [-0.05, 0) is 26.7 Å². The van der Waals surface area contributed by atoms with Gasteiger partial charge in [0.15, 0.2) is 0 Å². The third kappa shape index (κ3) is 4.73. The first-order valence-electron chi connectivity index (χ1n) is 9.64. The molecule has 3 rings (SSSR count). The van der Waals surface area contributed by atoms with E-state index in [-0.39, 0.29) is 17.7 Å². The van der Waals surface area contributed by atoms with Crippen molar-refractivity contribution in [3.63, 3.8) is 0 Å². The molecule has 3 fully saturated rings. The molecule has 0 aromatic heterocycles. The summed E-state index contributed by atoms with van der Waals surface area (Å²) in [6, 6.07) is 0. The van der Waals surface area contributed by atoms with Crippen LogP contribution in [0.3, 0.4) is 0 Å². The zero-order chi connectivity index (χ0) is 17.9. The highest BCUT2D eigenvalue weighted by atomic mass is 32.2. The largest absolute Gasteiger partial charge is 0.379 e. The summed E-state index contributed by atoms with van der Waals surface area (Å²) >= 11 is 0. The molecule has 0 bridgehead atoms. The summed E-state index contributed by atoms with van der Waals surface area (Å²) in [6.07, 6.45) is 5.58. The van der Waals surface area contributed by atoms with E-state index in [1.807, 2.05) is 13.8 Å². The molecular formula is C17H33N3O4S. The van der Waals surface area contributed by atoms with E-state index in [0.29, 0.717) is 19.6 Å². The number of morpholine rings is 2. The molecule has 3 aliphatic rings. The molecule has 2 heterocycles. The molecule has 2 aliphatic heterocycles. The molecule has 8 heteroatoms. The smallest absolute Gasteiger partial charge is 0.279 e. The van der Waals surface area contributed by atoms with Gasteiger partial charge in [0, 0.05) is 38.3 Å². The highest BCUT2D eigenvalue weighted by molar-refractivity contribution is 7.87. The number of ether oxygens (including phenoxy) is 2. The van der Waals surface area contributed by atoms with Crippen LogP contribution in [0.5, 0.6) is 0 Å². The summed E-state index contributed by atoms with van der Waals surface area (Å²) in [4.78, 5) is 2.46. The molecule has 25 heavy (non-hydrogen) atoms. The van der Waals surface area contributed by atoms with Gasteiger partial charge in [-0.1, -0.05) is 19.3 Å². The van der Waals surface area contributed by atoms with Crippen molar-refractivity contribution < 1.29 is 17.9 Å². The van der Waals surface area contributed by atoms with Crippen molar-refractivity contribution in [2.24, 2.45) is 0 Å². The normalized spacial score (nSPS) is 32.6. The molecule has 146 valence electrons. The van der Waals surface area contributed by atoms with Crippen LogP contribution in [0.25, 0.3) is 0 Å². The lowest BCUT2D eigenvalue weighted by Gasteiger charge is -2.48. The van der Waals surface area contributed by atoms with E-state index in [2.05, 4.69) is 9.62 Å². The van der Waals surface area contributed by atoms with Gasteiger partial charge in [0.1, 0.15) is 0 Å². The SMILES string of the molecule is C[C@H]1CN(S(=O)(=O)NCC2(N3CCOCC3)CCCCC2)C[C@H](C)O1. The Labute approximate surface area is 152 Å². The zero-order valence-electron chi connectivity index (χ0n) is 15.6. The first-order chi connectivity index (χ1) is 11.9. The Morgan fingerprint density at radius 3 is 2.24 bits per heavy atom. The first kappa shape index (κ1) is 19.5. The topological polar surface area (TPSA) is 71.1 Å². The summed E-state index contributed by atoms with van der Waals surface area (Å²) in [5, 5.41) is 0. The molecule has 2 saturated heterocycles. The molecular weight excluding hydrogens is 342 g/mol. The predicted molar refractivity (Wildman–Crippen MR) is 96.7 cm³/mol. The molecule has 0 spiro atoms. The molecule has 0 amide bonds. The number of rotatable bonds is 5. The van der Waals surface area contributed by atoms with Crippen molar-refractivity contribution in [1.82, 2.24) is 13.9 Å². The van der Waals surface area contributed by atoms with Crippen LogP contribution in [0.4, 0.5) is 0 Å². The number of hydrogen-bond acceptors (Lipinski definition) is 5. The fourth-order valence-electron chi connectivity index (χ4n) is 4.50. The van der Waals surface area contributed by atoms with E-state index in [1.54, 1.807) is 4.31 Å². The van der Waals surface area contributed by atoms with Crippen LogP contribution < -0.4 is 4.72 Å². The molecule has 0 unspecified atom stereocenters. The lowest BCUT2D eigenvalue weighted by molar-refractivity contribution is -0.0455. The lowest BCUT2D eigenvalue weighted by atomic mass is 9.80. The highest BCUT2D eigenvalue weighted by Crippen LogP contribution is 2.34. The van der Waals surface area contributed by atoms with Crippen LogP contribution in [-0.4, -0.2) is 81.3 Å². The summed E-state index contributed by atoms with van der Waals surface area (Å²) in [6.45, 7) is 8.47. The van der Waals surface area contributed by atoms with Gasteiger partial charge in [-0.3, -0.25) is 4.90 Å². The lowest BCUT2D eigenvalue weighted by Crippen LogP contribution is -2.61. The number of hydrogen-bond donors (Lipinski definition) is 1. The van der Waals surface area contributed by atoms with Crippen molar-refractivity contribution in [2.75, 3.05) is 45.9 Å². The zero-order valence-corrected chi connectivity index (χ0v) is 16.4. The maximum absolute atomic E-state index is 12.9. The van der Waals surface area contributed by atoms with Crippen LogP contribution in [0.2, 0.25) is 0 Å². The maximum atomic E-state index is 12.9. The Morgan fingerprint density at radius 2 is 1.64 bits per heavy atom. The van der Waals surface area contributed by atoms with E-state index in [9.17, 15) is 8.42 Å². The minimum atomic E-state index is -3.48. The minimum Gasteiger partial charge on any atom is -0.379 e. The van der Waals surface area contributed by atoms with Crippen LogP contribution in [0, 0.1) is 0 Å². The molecule has 2 atom stereocenters. The molecule has 0 aromatic carbocycles. The average Bonchev–Trinajstić information content (AvgIpc) is 2.61. The van der Waals surface area contributed by atoms with Gasteiger partial charge >= 0.3 is 0 Å². The predicted octanol–water partition coefficient (Wildman–Crippen LogP) is 0.965. The van der Waals surface area contributed by atoms with Crippen LogP contribution >= 0.6 is 0 Å². The van der Waals surface area contributed by atoms with E-state index in [1.165, 1.54) is 19.3 Å². The van der Waals surface area contributed by atoms with Gasteiger partial charge in [0.2, 0.25) is 0 Å². The highest BCUT2D eigenvalue weighted by Gasteiger charge is 2.40. The Morgan fingerprint density at radius 1 is 1.04 bits per heavy atom. The summed E-state index contributed by atoms with van der Waals surface area (Å²) in [5.74, 6) is 0. The second kappa shape index (κ2) is 8.19. The van der Waals surface area contributed by atoms with Crippen LogP contribution in [0.15, 0.2) is 0 Å². The Hall–Kier alpha value is -0.250. The van der Waals surface area contributed by atoms with E-state index in [4.69, 9.17) is 9.47 Å². The standard InChI is InChI=1S/C17H33N3O4S/c1-15-12-20(13-16(2)24-15)25(21,22)18-14-17(6-4-3-5-7-17)19-8-10-23-11-9-19/h15-16,18H,3-14H2,1-2H3/t15-,16-/m0/s1. The summed E-state index contributed by atoms with van der Waals surface area (Å²) < 4.78 is 41.4. The van der Waals surface area contributed by atoms with Crippen molar-refractivity contribution in [3.05, 3.63) is 0 Å². The quantitative estimate of drug-likeness (QED) is 0.775. The first-order valence-corrected chi connectivity index (χ1v) is 11.1. The van der Waals surface area contributed by atoms with Gasteiger partial charge in [-0.15, -0.1) is 0 Å². The van der Waals surface area contributed by atoms with Gasteiger partial charge in [0.25, 0.3) is 10.2 Å². The Balaban J connectivity index is 1.67. The van der Waals surface area contributed by atoms with Crippen LogP contribution in [-0.2, 0) is 19.7 Å². The Bertz CT molecular complexity index is 520. The van der Waals surface area contributed by atoms with Gasteiger partial charge in [-0.25, -0.2) is 4.72 Å². The summed E-state index contributed by atoms with van der Waals surface area (Å²) in [7, 11) is -3.48. The molecule has 0 radical (unpaired) electrons. The number of nitrogens with zero attached hydrogens (tertiary/aromatic N) is 2. The van der Waals surface area contributed by atoms with E-state index < -0.39 is 10.2 Å². The molecule has 7 nitrogen and oxygen atoms in total. The molecule has 0 aromatic rings. The van der Waals surface area contributed by atoms with E-state index >= 15 is 0 Å². The Kier molecular flexibility index (Phi) is 6.39. The van der Waals surface area contributed by atoms with Crippen LogP contribution in [0.1, 0.15) is 46.0 Å². The molecule has 1 N–H and O–H groups in total.